The van der Waals surface area contributed by atoms with Crippen LogP contribution in [0.3, 0.4) is 0 Å². The molecule has 1 saturated heterocycles. The van der Waals surface area contributed by atoms with Crippen molar-refractivity contribution in [1.29, 1.82) is 0 Å². The average Bonchev–Trinajstić information content (AvgIpc) is 2.72. The number of benzene rings is 2. The van der Waals surface area contributed by atoms with E-state index in [1.807, 2.05) is 26.0 Å². The number of aryl methyl sites for hydroxylation is 4. The van der Waals surface area contributed by atoms with Crippen LogP contribution in [0.5, 0.6) is 5.75 Å². The Bertz CT molecular complexity index is 961. The molecule has 0 spiro atoms. The molecule has 7 heteroatoms. The number of carbonyl (C=O) groups is 2. The maximum absolute atomic E-state index is 13.4. The Labute approximate surface area is 183 Å². The summed E-state index contributed by atoms with van der Waals surface area (Å²) in [7, 11) is 1.53. The number of hydrogen-bond acceptors (Lipinski definition) is 4. The van der Waals surface area contributed by atoms with E-state index in [2.05, 4.69) is 36.9 Å². The number of carboxylic acid groups (broad SMARTS) is 1. The monoisotopic (exact) mass is 425 g/mol. The van der Waals surface area contributed by atoms with Gasteiger partial charge >= 0.3 is 12.0 Å². The molecule has 31 heavy (non-hydrogen) atoms. The minimum Gasteiger partial charge on any atom is -0.495 e. The zero-order valence-electron chi connectivity index (χ0n) is 18.9. The van der Waals surface area contributed by atoms with Crippen LogP contribution in [-0.4, -0.2) is 61.8 Å². The van der Waals surface area contributed by atoms with Gasteiger partial charge in [-0.05, 0) is 74.2 Å². The highest BCUT2D eigenvalue weighted by molar-refractivity contribution is 5.98. The molecule has 0 atom stereocenters. The fourth-order valence-corrected chi connectivity index (χ4v) is 4.00. The van der Waals surface area contributed by atoms with Crippen LogP contribution in [0.15, 0.2) is 30.3 Å². The summed E-state index contributed by atoms with van der Waals surface area (Å²) in [4.78, 5) is 30.2. The van der Waals surface area contributed by atoms with Crippen molar-refractivity contribution in [3.05, 3.63) is 52.6 Å². The van der Waals surface area contributed by atoms with E-state index in [1.165, 1.54) is 23.1 Å². The fourth-order valence-electron chi connectivity index (χ4n) is 4.00. The molecule has 0 saturated carbocycles. The zero-order chi connectivity index (χ0) is 22.7. The Hall–Kier alpha value is -3.22. The molecule has 1 N–H and O–H groups in total. The van der Waals surface area contributed by atoms with E-state index in [0.29, 0.717) is 37.6 Å². The molecule has 166 valence electrons. The van der Waals surface area contributed by atoms with Crippen molar-refractivity contribution >= 4 is 23.4 Å². The Kier molecular flexibility index (Phi) is 6.73. The molecule has 1 aliphatic heterocycles. The highest BCUT2D eigenvalue weighted by Gasteiger charge is 2.29. The van der Waals surface area contributed by atoms with Gasteiger partial charge in [0.05, 0.1) is 12.8 Å². The van der Waals surface area contributed by atoms with Gasteiger partial charge in [0.15, 0.2) is 0 Å². The number of carbonyl (C=O) groups excluding carboxylic acids is 1. The summed E-state index contributed by atoms with van der Waals surface area (Å²) in [5.41, 5.74) is 6.05. The van der Waals surface area contributed by atoms with Gasteiger partial charge in [-0.2, -0.15) is 0 Å². The lowest BCUT2D eigenvalue weighted by atomic mass is 10.1. The van der Waals surface area contributed by atoms with Crippen molar-refractivity contribution in [2.24, 2.45) is 0 Å². The number of nitrogens with zero attached hydrogens (tertiary/aromatic N) is 3. The largest absolute Gasteiger partial charge is 0.495 e. The van der Waals surface area contributed by atoms with Gasteiger partial charge in [0.25, 0.3) is 0 Å². The Balaban J connectivity index is 1.81. The second-order valence-corrected chi connectivity index (χ2v) is 8.19. The molecule has 0 unspecified atom stereocenters. The van der Waals surface area contributed by atoms with Gasteiger partial charge in [-0.25, -0.2) is 4.79 Å². The summed E-state index contributed by atoms with van der Waals surface area (Å²) >= 11 is 0. The summed E-state index contributed by atoms with van der Waals surface area (Å²) < 4.78 is 5.46. The van der Waals surface area contributed by atoms with Gasteiger partial charge < -0.3 is 19.6 Å². The van der Waals surface area contributed by atoms with Crippen molar-refractivity contribution in [3.63, 3.8) is 0 Å². The molecule has 2 amide bonds. The number of aliphatic carboxylic acids is 1. The van der Waals surface area contributed by atoms with Gasteiger partial charge in [-0.3, -0.25) is 9.69 Å². The minimum absolute atomic E-state index is 0.316. The average molecular weight is 426 g/mol. The predicted octanol–water partition coefficient (Wildman–Crippen LogP) is 3.76. The van der Waals surface area contributed by atoms with Crippen LogP contribution in [0.2, 0.25) is 0 Å². The first kappa shape index (κ1) is 22.5. The van der Waals surface area contributed by atoms with Crippen LogP contribution in [0, 0.1) is 27.7 Å². The van der Waals surface area contributed by atoms with Gasteiger partial charge in [-0.1, -0.05) is 6.07 Å². The summed E-state index contributed by atoms with van der Waals surface area (Å²) in [5, 5.41) is 9.46. The maximum Gasteiger partial charge on any atom is 0.325 e. The van der Waals surface area contributed by atoms with Crippen molar-refractivity contribution < 1.29 is 19.4 Å². The van der Waals surface area contributed by atoms with Gasteiger partial charge in [0.1, 0.15) is 12.3 Å². The molecule has 0 aliphatic carbocycles. The number of piperazine rings is 1. The lowest BCUT2D eigenvalue weighted by Crippen LogP contribution is -2.54. The molecule has 1 heterocycles. The fraction of sp³-hybridized carbons (Fsp3) is 0.417. The molecule has 1 fully saturated rings. The predicted molar refractivity (Wildman–Crippen MR) is 123 cm³/mol. The SMILES string of the molecule is COc1cc(C)c(C)cc1N(CC(=O)O)C(=O)N1CCN(c2cc(C)cc(C)c2)CC1. The first-order chi connectivity index (χ1) is 14.7. The lowest BCUT2D eigenvalue weighted by Gasteiger charge is -2.38. The lowest BCUT2D eigenvalue weighted by molar-refractivity contribution is -0.135. The number of anilines is 2. The van der Waals surface area contributed by atoms with Crippen LogP contribution in [0.1, 0.15) is 22.3 Å². The first-order valence-corrected chi connectivity index (χ1v) is 10.5. The second kappa shape index (κ2) is 9.29. The van der Waals surface area contributed by atoms with E-state index >= 15 is 0 Å². The van der Waals surface area contributed by atoms with Gasteiger partial charge in [-0.15, -0.1) is 0 Å². The quantitative estimate of drug-likeness (QED) is 0.790. The van der Waals surface area contributed by atoms with E-state index < -0.39 is 12.5 Å². The summed E-state index contributed by atoms with van der Waals surface area (Å²) in [6.45, 7) is 10.1. The van der Waals surface area contributed by atoms with E-state index in [9.17, 15) is 14.7 Å². The Morgan fingerprint density at radius 3 is 2.06 bits per heavy atom. The molecular formula is C24H31N3O4. The van der Waals surface area contributed by atoms with E-state index in [0.717, 1.165) is 16.8 Å². The number of rotatable bonds is 5. The molecular weight excluding hydrogens is 394 g/mol. The summed E-state index contributed by atoms with van der Waals surface area (Å²) in [5.74, 6) is -0.575. The van der Waals surface area contributed by atoms with Crippen LogP contribution >= 0.6 is 0 Å². The Morgan fingerprint density at radius 2 is 1.52 bits per heavy atom. The molecule has 0 aromatic heterocycles. The maximum atomic E-state index is 13.4. The highest BCUT2D eigenvalue weighted by Crippen LogP contribution is 2.32. The van der Waals surface area contributed by atoms with Crippen LogP contribution in [0.25, 0.3) is 0 Å². The number of ether oxygens (including phenoxy) is 1. The molecule has 2 aromatic carbocycles. The standard InChI is InChI=1S/C24H31N3O4/c1-16-10-17(2)12-20(11-16)25-6-8-26(9-7-25)24(30)27(15-23(28)29)21-13-18(3)19(4)14-22(21)31-5/h10-14H,6-9,15H2,1-5H3,(H,28,29). The number of amides is 2. The normalized spacial score (nSPS) is 13.8. The van der Waals surface area contributed by atoms with Crippen molar-refractivity contribution in [2.75, 3.05) is 49.6 Å². The molecule has 0 bridgehead atoms. The van der Waals surface area contributed by atoms with Crippen LogP contribution < -0.4 is 14.5 Å². The third-order valence-corrected chi connectivity index (χ3v) is 5.73. The number of urea groups is 1. The number of hydrogen-bond donors (Lipinski definition) is 1. The smallest absolute Gasteiger partial charge is 0.325 e. The van der Waals surface area contributed by atoms with E-state index in [4.69, 9.17) is 4.74 Å². The molecule has 2 aromatic rings. The van der Waals surface area contributed by atoms with Crippen LogP contribution in [-0.2, 0) is 4.79 Å². The molecule has 7 nitrogen and oxygen atoms in total. The van der Waals surface area contributed by atoms with Crippen molar-refractivity contribution in [2.45, 2.75) is 27.7 Å². The van der Waals surface area contributed by atoms with Gasteiger partial charge in [0, 0.05) is 31.9 Å². The van der Waals surface area contributed by atoms with Crippen molar-refractivity contribution in [1.82, 2.24) is 4.90 Å². The molecule has 0 radical (unpaired) electrons. The Morgan fingerprint density at radius 1 is 0.935 bits per heavy atom. The summed E-state index contributed by atoms with van der Waals surface area (Å²) in [6.07, 6.45) is 0. The number of carboxylic acids is 1. The molecule has 3 rings (SSSR count). The third kappa shape index (κ3) is 5.10. The van der Waals surface area contributed by atoms with Gasteiger partial charge in [0.2, 0.25) is 0 Å². The molecule has 1 aliphatic rings. The minimum atomic E-state index is -1.07. The number of methoxy groups -OCH3 is 1. The summed E-state index contributed by atoms with van der Waals surface area (Å²) in [6, 6.07) is 9.79. The van der Waals surface area contributed by atoms with E-state index in [-0.39, 0.29) is 6.03 Å². The first-order valence-electron chi connectivity index (χ1n) is 10.5. The van der Waals surface area contributed by atoms with Crippen molar-refractivity contribution in [3.8, 4) is 5.75 Å². The topological polar surface area (TPSA) is 73.3 Å². The third-order valence-electron chi connectivity index (χ3n) is 5.73. The van der Waals surface area contributed by atoms with Crippen LogP contribution in [0.4, 0.5) is 16.2 Å². The second-order valence-electron chi connectivity index (χ2n) is 8.19. The van der Waals surface area contributed by atoms with E-state index in [1.54, 1.807) is 4.90 Å². The highest BCUT2D eigenvalue weighted by atomic mass is 16.5. The zero-order valence-corrected chi connectivity index (χ0v) is 18.9.